The van der Waals surface area contributed by atoms with Crippen molar-refractivity contribution in [2.45, 2.75) is 102 Å². The van der Waals surface area contributed by atoms with Gasteiger partial charge in [-0.15, -0.1) is 5.10 Å². The molecule has 48 heavy (non-hydrogen) atoms. The van der Waals surface area contributed by atoms with Gasteiger partial charge in [-0.25, -0.2) is 13.1 Å². The molecule has 0 aliphatic heterocycles. The first-order valence-corrected chi connectivity index (χ1v) is 18.6. The lowest BCUT2D eigenvalue weighted by Crippen LogP contribution is -2.48. The first kappa shape index (κ1) is 35.2. The van der Waals surface area contributed by atoms with E-state index in [-0.39, 0.29) is 23.4 Å². The van der Waals surface area contributed by atoms with Gasteiger partial charge in [0.05, 0.1) is 16.1 Å². The largest absolute Gasteiger partial charge is 0.351 e. The number of hydrogen-bond donors (Lipinski definition) is 1. The standard InChI is InChI=1S/C35H48N8O4S/c1-5-7-22-41(23-8-6-2)48(46,47)29-20-18-28(19-21-29)43(33(44)25-42-32-17-13-12-16-31(32)37-39-42)34(30-24-40(4)38-26(30)3)35(45)36-27-14-10-9-11-15-27/h12-13,16-21,24,27,34H,5-11,14-15,22-23,25H2,1-4H3,(H,36,45)/t34-/m1/s1. The molecule has 2 amide bonds. The molecule has 0 radical (unpaired) electrons. The molecule has 2 aromatic carbocycles. The van der Waals surface area contributed by atoms with Gasteiger partial charge < -0.3 is 5.32 Å². The number of anilines is 1. The van der Waals surface area contributed by atoms with Crippen LogP contribution < -0.4 is 10.2 Å². The van der Waals surface area contributed by atoms with E-state index in [1.807, 2.05) is 45.0 Å². The van der Waals surface area contributed by atoms with Gasteiger partial charge in [-0.2, -0.15) is 9.40 Å². The summed E-state index contributed by atoms with van der Waals surface area (Å²) in [6.07, 6.45) is 10.0. The van der Waals surface area contributed by atoms with Gasteiger partial charge in [0, 0.05) is 43.6 Å². The fourth-order valence-electron chi connectivity index (χ4n) is 6.44. The summed E-state index contributed by atoms with van der Waals surface area (Å²) in [5.41, 5.74) is 2.93. The smallest absolute Gasteiger partial charge is 0.249 e. The van der Waals surface area contributed by atoms with Crippen molar-refractivity contribution in [1.82, 2.24) is 34.4 Å². The number of aromatic nitrogens is 5. The Bertz CT molecular complexity index is 1790. The molecule has 4 aromatic rings. The number of fused-ring (bicyclic) bond motifs is 1. The molecule has 1 atom stereocenters. The normalized spacial score (nSPS) is 14.8. The molecular formula is C35H48N8O4S. The number of unbranched alkanes of at least 4 members (excludes halogenated alkanes) is 2. The summed E-state index contributed by atoms with van der Waals surface area (Å²) in [5, 5.41) is 16.2. The molecular weight excluding hydrogens is 629 g/mol. The first-order chi connectivity index (χ1) is 23.1. The summed E-state index contributed by atoms with van der Waals surface area (Å²) in [5.74, 6) is -0.711. The van der Waals surface area contributed by atoms with Crippen molar-refractivity contribution in [2.75, 3.05) is 18.0 Å². The van der Waals surface area contributed by atoms with Gasteiger partial charge in [0.15, 0.2) is 0 Å². The van der Waals surface area contributed by atoms with Crippen molar-refractivity contribution < 1.29 is 18.0 Å². The van der Waals surface area contributed by atoms with Crippen LogP contribution in [0.4, 0.5) is 5.69 Å². The number of benzene rings is 2. The van der Waals surface area contributed by atoms with Crippen LogP contribution in [0.1, 0.15) is 88.9 Å². The fraction of sp³-hybridized carbons (Fsp3) is 0.514. The van der Waals surface area contributed by atoms with E-state index in [2.05, 4.69) is 20.7 Å². The van der Waals surface area contributed by atoms with Crippen molar-refractivity contribution >= 4 is 38.6 Å². The topological polar surface area (TPSA) is 135 Å². The molecule has 0 bridgehead atoms. The second kappa shape index (κ2) is 15.9. The maximum atomic E-state index is 14.5. The number of carbonyl (C=O) groups excluding carboxylic acids is 2. The van der Waals surface area contributed by atoms with Gasteiger partial charge in [0.1, 0.15) is 18.1 Å². The lowest BCUT2D eigenvalue weighted by molar-refractivity contribution is -0.127. The van der Waals surface area contributed by atoms with E-state index in [1.165, 1.54) is 21.7 Å². The second-order valence-electron chi connectivity index (χ2n) is 12.7. The highest BCUT2D eigenvalue weighted by molar-refractivity contribution is 7.89. The highest BCUT2D eigenvalue weighted by Crippen LogP contribution is 2.32. The zero-order valence-electron chi connectivity index (χ0n) is 28.5. The van der Waals surface area contributed by atoms with Crippen molar-refractivity contribution in [3.05, 3.63) is 66.0 Å². The Labute approximate surface area is 283 Å². The van der Waals surface area contributed by atoms with E-state index >= 15 is 0 Å². The van der Waals surface area contributed by atoms with Gasteiger partial charge in [0.2, 0.25) is 21.8 Å². The SMILES string of the molecule is CCCCN(CCCC)S(=O)(=O)c1ccc(N(C(=O)Cn2nnc3ccccc32)[C@@H](C(=O)NC2CCCCC2)c2cn(C)nc2C)cc1. The van der Waals surface area contributed by atoms with E-state index in [1.54, 1.807) is 34.4 Å². The molecule has 1 N–H and O–H groups in total. The van der Waals surface area contributed by atoms with Crippen LogP contribution in [-0.4, -0.2) is 68.4 Å². The third-order valence-corrected chi connectivity index (χ3v) is 11.0. The molecule has 2 heterocycles. The quantitative estimate of drug-likeness (QED) is 0.181. The summed E-state index contributed by atoms with van der Waals surface area (Å²) in [6.45, 7) is 6.60. The van der Waals surface area contributed by atoms with Gasteiger partial charge in [-0.1, -0.05) is 63.3 Å². The summed E-state index contributed by atoms with van der Waals surface area (Å²) >= 11 is 0. The Morgan fingerprint density at radius 3 is 2.27 bits per heavy atom. The lowest BCUT2D eigenvalue weighted by Gasteiger charge is -2.33. The van der Waals surface area contributed by atoms with E-state index in [0.717, 1.165) is 57.8 Å². The fourth-order valence-corrected chi connectivity index (χ4v) is 7.95. The van der Waals surface area contributed by atoms with Crippen molar-refractivity contribution in [3.8, 4) is 0 Å². The van der Waals surface area contributed by atoms with E-state index < -0.39 is 22.0 Å². The van der Waals surface area contributed by atoms with Gasteiger partial charge in [-0.05, 0) is 69.0 Å². The highest BCUT2D eigenvalue weighted by atomic mass is 32.2. The number of rotatable bonds is 15. The van der Waals surface area contributed by atoms with E-state index in [0.29, 0.717) is 41.1 Å². The third kappa shape index (κ3) is 7.95. The third-order valence-electron chi connectivity index (χ3n) is 9.05. The van der Waals surface area contributed by atoms with Crippen LogP contribution in [0.3, 0.4) is 0 Å². The Balaban J connectivity index is 1.57. The number of nitrogens with zero attached hydrogens (tertiary/aromatic N) is 7. The monoisotopic (exact) mass is 676 g/mol. The van der Waals surface area contributed by atoms with Crippen LogP contribution in [0, 0.1) is 6.92 Å². The number of aryl methyl sites for hydroxylation is 2. The van der Waals surface area contributed by atoms with Crippen LogP contribution in [0.2, 0.25) is 0 Å². The molecule has 1 aliphatic carbocycles. The van der Waals surface area contributed by atoms with Crippen molar-refractivity contribution in [1.29, 1.82) is 0 Å². The minimum atomic E-state index is -3.77. The molecule has 0 unspecified atom stereocenters. The van der Waals surface area contributed by atoms with Gasteiger partial charge >= 0.3 is 0 Å². The number of para-hydroxylation sites is 1. The molecule has 2 aromatic heterocycles. The Morgan fingerprint density at radius 2 is 1.65 bits per heavy atom. The number of carbonyl (C=O) groups is 2. The molecule has 1 fully saturated rings. The van der Waals surface area contributed by atoms with Gasteiger partial charge in [-0.3, -0.25) is 19.2 Å². The predicted octanol–water partition coefficient (Wildman–Crippen LogP) is 5.29. The number of nitrogens with one attached hydrogen (secondary N) is 1. The van der Waals surface area contributed by atoms with Crippen LogP contribution in [-0.2, 0) is 33.2 Å². The maximum Gasteiger partial charge on any atom is 0.249 e. The molecule has 12 nitrogen and oxygen atoms in total. The van der Waals surface area contributed by atoms with E-state index in [4.69, 9.17) is 0 Å². The Hall–Kier alpha value is -4.10. The zero-order valence-corrected chi connectivity index (χ0v) is 29.3. The van der Waals surface area contributed by atoms with Gasteiger partial charge in [0.25, 0.3) is 0 Å². The molecule has 0 spiro atoms. The van der Waals surface area contributed by atoms with Crippen molar-refractivity contribution in [3.63, 3.8) is 0 Å². The first-order valence-electron chi connectivity index (χ1n) is 17.1. The minimum Gasteiger partial charge on any atom is -0.351 e. The summed E-state index contributed by atoms with van der Waals surface area (Å²) < 4.78 is 32.3. The maximum absolute atomic E-state index is 14.5. The average molecular weight is 677 g/mol. The highest BCUT2D eigenvalue weighted by Gasteiger charge is 2.37. The Morgan fingerprint density at radius 1 is 0.979 bits per heavy atom. The summed E-state index contributed by atoms with van der Waals surface area (Å²) in [7, 11) is -1.99. The molecule has 5 rings (SSSR count). The minimum absolute atomic E-state index is 0.00619. The van der Waals surface area contributed by atoms with Crippen LogP contribution in [0.15, 0.2) is 59.6 Å². The number of amides is 2. The van der Waals surface area contributed by atoms with E-state index in [9.17, 15) is 18.0 Å². The lowest BCUT2D eigenvalue weighted by atomic mass is 9.94. The van der Waals surface area contributed by atoms with Crippen LogP contribution in [0.25, 0.3) is 11.0 Å². The molecule has 258 valence electrons. The average Bonchev–Trinajstić information content (AvgIpc) is 3.64. The summed E-state index contributed by atoms with van der Waals surface area (Å²) in [4.78, 5) is 30.5. The molecule has 13 heteroatoms. The predicted molar refractivity (Wildman–Crippen MR) is 186 cm³/mol. The van der Waals surface area contributed by atoms with Crippen LogP contribution >= 0.6 is 0 Å². The molecule has 0 saturated heterocycles. The number of hydrogen-bond acceptors (Lipinski definition) is 7. The molecule has 1 aliphatic rings. The van der Waals surface area contributed by atoms with Crippen LogP contribution in [0.5, 0.6) is 0 Å². The molecule has 1 saturated carbocycles. The number of sulfonamides is 1. The Kier molecular flexibility index (Phi) is 11.6. The van der Waals surface area contributed by atoms with Crippen molar-refractivity contribution in [2.24, 2.45) is 7.05 Å². The summed E-state index contributed by atoms with van der Waals surface area (Å²) in [6, 6.07) is 12.6. The second-order valence-corrected chi connectivity index (χ2v) is 14.6. The zero-order chi connectivity index (χ0) is 34.3.